The van der Waals surface area contributed by atoms with Gasteiger partial charge < -0.3 is 14.6 Å². The van der Waals surface area contributed by atoms with Gasteiger partial charge >= 0.3 is 0 Å². The summed E-state index contributed by atoms with van der Waals surface area (Å²) in [4.78, 5) is 0. The minimum absolute atomic E-state index is 0.0405. The van der Waals surface area contributed by atoms with Crippen LogP contribution in [-0.2, 0) is 9.47 Å². The Labute approximate surface area is 80.4 Å². The maximum absolute atomic E-state index is 9.02. The normalized spacial score (nSPS) is 15.3. The highest BCUT2D eigenvalue weighted by Gasteiger charge is 2.04. The first-order chi connectivity index (χ1) is 6.20. The maximum Gasteiger partial charge on any atom is 0.147 e. The Balaban J connectivity index is 3.42. The van der Waals surface area contributed by atoms with Gasteiger partial charge in [-0.05, 0) is 26.2 Å². The van der Waals surface area contributed by atoms with E-state index in [9.17, 15) is 0 Å². The summed E-state index contributed by atoms with van der Waals surface area (Å²) >= 11 is 0. The van der Waals surface area contributed by atoms with E-state index in [2.05, 4.69) is 6.58 Å². The Morgan fingerprint density at radius 1 is 1.46 bits per heavy atom. The SMILES string of the molecule is C=CC(CCC[C@H](C)O)OCOC. The molecule has 3 heteroatoms. The molecule has 0 saturated carbocycles. The average Bonchev–Trinajstić information content (AvgIpc) is 2.10. The van der Waals surface area contributed by atoms with E-state index in [-0.39, 0.29) is 12.2 Å². The molecule has 0 aromatic carbocycles. The van der Waals surface area contributed by atoms with Gasteiger partial charge in [-0.15, -0.1) is 6.58 Å². The van der Waals surface area contributed by atoms with Gasteiger partial charge in [-0.3, -0.25) is 0 Å². The predicted octanol–water partition coefficient (Wildman–Crippen LogP) is 1.71. The second-order valence-electron chi connectivity index (χ2n) is 3.13. The van der Waals surface area contributed by atoms with Crippen LogP contribution >= 0.6 is 0 Å². The van der Waals surface area contributed by atoms with Crippen LogP contribution in [0.3, 0.4) is 0 Å². The summed E-state index contributed by atoms with van der Waals surface area (Å²) in [6.45, 7) is 5.76. The molecule has 0 heterocycles. The van der Waals surface area contributed by atoms with Crippen LogP contribution in [0.25, 0.3) is 0 Å². The lowest BCUT2D eigenvalue weighted by Gasteiger charge is -2.13. The first-order valence-electron chi connectivity index (χ1n) is 4.61. The molecule has 0 aliphatic heterocycles. The van der Waals surface area contributed by atoms with Gasteiger partial charge in [0.2, 0.25) is 0 Å². The van der Waals surface area contributed by atoms with Crippen LogP contribution in [0.4, 0.5) is 0 Å². The fourth-order valence-electron chi connectivity index (χ4n) is 1.04. The summed E-state index contributed by atoms with van der Waals surface area (Å²) in [6.07, 6.45) is 4.21. The third-order valence-corrected chi connectivity index (χ3v) is 1.77. The highest BCUT2D eigenvalue weighted by Crippen LogP contribution is 2.07. The lowest BCUT2D eigenvalue weighted by Crippen LogP contribution is -2.12. The summed E-state index contributed by atoms with van der Waals surface area (Å²) in [5.41, 5.74) is 0. The third kappa shape index (κ3) is 7.96. The van der Waals surface area contributed by atoms with Crippen molar-refractivity contribution in [3.8, 4) is 0 Å². The van der Waals surface area contributed by atoms with Crippen molar-refractivity contribution < 1.29 is 14.6 Å². The van der Waals surface area contributed by atoms with Gasteiger partial charge in [0.05, 0.1) is 12.2 Å². The number of methoxy groups -OCH3 is 1. The summed E-state index contributed by atoms with van der Waals surface area (Å²) < 4.78 is 10.1. The van der Waals surface area contributed by atoms with Gasteiger partial charge in [0.25, 0.3) is 0 Å². The number of hydrogen-bond acceptors (Lipinski definition) is 3. The van der Waals surface area contributed by atoms with E-state index in [1.165, 1.54) is 0 Å². The van der Waals surface area contributed by atoms with E-state index in [4.69, 9.17) is 14.6 Å². The lowest BCUT2D eigenvalue weighted by molar-refractivity contribution is -0.0583. The topological polar surface area (TPSA) is 38.7 Å². The minimum atomic E-state index is -0.229. The quantitative estimate of drug-likeness (QED) is 0.465. The molecule has 0 rings (SSSR count). The smallest absolute Gasteiger partial charge is 0.147 e. The first-order valence-corrected chi connectivity index (χ1v) is 4.61. The summed E-state index contributed by atoms with van der Waals surface area (Å²) in [5.74, 6) is 0. The standard InChI is InChI=1S/C10H20O3/c1-4-10(13-8-12-3)7-5-6-9(2)11/h4,9-11H,1,5-8H2,2-3H3/t9-,10?/m0/s1. The molecule has 0 radical (unpaired) electrons. The lowest BCUT2D eigenvalue weighted by atomic mass is 10.1. The van der Waals surface area contributed by atoms with Crippen molar-refractivity contribution in [2.45, 2.75) is 38.4 Å². The zero-order chi connectivity index (χ0) is 10.1. The zero-order valence-corrected chi connectivity index (χ0v) is 8.53. The predicted molar refractivity (Wildman–Crippen MR) is 52.5 cm³/mol. The Morgan fingerprint density at radius 2 is 2.15 bits per heavy atom. The molecule has 1 N–H and O–H groups in total. The van der Waals surface area contributed by atoms with Gasteiger partial charge in [0, 0.05) is 7.11 Å². The minimum Gasteiger partial charge on any atom is -0.393 e. The van der Waals surface area contributed by atoms with Crippen molar-refractivity contribution in [1.29, 1.82) is 0 Å². The molecule has 3 nitrogen and oxygen atoms in total. The summed E-state index contributed by atoms with van der Waals surface area (Å²) in [6, 6.07) is 0. The van der Waals surface area contributed by atoms with Crippen LogP contribution in [0.15, 0.2) is 12.7 Å². The fraction of sp³-hybridized carbons (Fsp3) is 0.800. The molecule has 0 amide bonds. The van der Waals surface area contributed by atoms with E-state index in [0.29, 0.717) is 6.79 Å². The van der Waals surface area contributed by atoms with Crippen LogP contribution in [0.1, 0.15) is 26.2 Å². The number of aliphatic hydroxyl groups excluding tert-OH is 1. The van der Waals surface area contributed by atoms with Crippen LogP contribution < -0.4 is 0 Å². The zero-order valence-electron chi connectivity index (χ0n) is 8.53. The second-order valence-corrected chi connectivity index (χ2v) is 3.13. The Hall–Kier alpha value is -0.380. The molecule has 78 valence electrons. The number of rotatable bonds is 8. The average molecular weight is 188 g/mol. The first kappa shape index (κ1) is 12.6. The Morgan fingerprint density at radius 3 is 2.62 bits per heavy atom. The van der Waals surface area contributed by atoms with Crippen molar-refractivity contribution in [3.05, 3.63) is 12.7 Å². The van der Waals surface area contributed by atoms with Crippen molar-refractivity contribution >= 4 is 0 Å². The largest absolute Gasteiger partial charge is 0.393 e. The highest BCUT2D eigenvalue weighted by molar-refractivity contribution is 4.79. The van der Waals surface area contributed by atoms with Crippen LogP contribution in [-0.4, -0.2) is 31.2 Å². The van der Waals surface area contributed by atoms with Gasteiger partial charge in [-0.2, -0.15) is 0 Å². The van der Waals surface area contributed by atoms with Gasteiger partial charge in [-0.1, -0.05) is 6.08 Å². The summed E-state index contributed by atoms with van der Waals surface area (Å²) in [5, 5.41) is 9.02. The summed E-state index contributed by atoms with van der Waals surface area (Å²) in [7, 11) is 1.59. The molecule has 0 aliphatic rings. The molecule has 0 bridgehead atoms. The fourth-order valence-corrected chi connectivity index (χ4v) is 1.04. The molecule has 0 aromatic heterocycles. The third-order valence-electron chi connectivity index (χ3n) is 1.77. The highest BCUT2D eigenvalue weighted by atomic mass is 16.7. The molecule has 1 unspecified atom stereocenters. The molecular weight excluding hydrogens is 168 g/mol. The van der Waals surface area contributed by atoms with Crippen molar-refractivity contribution in [2.24, 2.45) is 0 Å². The molecule has 0 spiro atoms. The van der Waals surface area contributed by atoms with Crippen molar-refractivity contribution in [3.63, 3.8) is 0 Å². The Bertz CT molecular complexity index is 123. The van der Waals surface area contributed by atoms with E-state index < -0.39 is 0 Å². The van der Waals surface area contributed by atoms with Gasteiger partial charge in [-0.25, -0.2) is 0 Å². The van der Waals surface area contributed by atoms with Crippen molar-refractivity contribution in [2.75, 3.05) is 13.9 Å². The maximum atomic E-state index is 9.02. The molecule has 13 heavy (non-hydrogen) atoms. The van der Waals surface area contributed by atoms with Crippen molar-refractivity contribution in [1.82, 2.24) is 0 Å². The van der Waals surface area contributed by atoms with E-state index in [1.807, 2.05) is 0 Å². The van der Waals surface area contributed by atoms with E-state index >= 15 is 0 Å². The molecular formula is C10H20O3. The second kappa shape index (κ2) is 8.23. The number of ether oxygens (including phenoxy) is 2. The number of hydrogen-bond donors (Lipinski definition) is 1. The Kier molecular flexibility index (Phi) is 7.99. The van der Waals surface area contributed by atoms with Crippen LogP contribution in [0.2, 0.25) is 0 Å². The van der Waals surface area contributed by atoms with Crippen LogP contribution in [0, 0.1) is 0 Å². The molecule has 0 aromatic rings. The van der Waals surface area contributed by atoms with Gasteiger partial charge in [0.1, 0.15) is 6.79 Å². The molecule has 0 aliphatic carbocycles. The number of aliphatic hydroxyl groups is 1. The molecule has 0 saturated heterocycles. The van der Waals surface area contributed by atoms with Gasteiger partial charge in [0.15, 0.2) is 0 Å². The van der Waals surface area contributed by atoms with Crippen LogP contribution in [0.5, 0.6) is 0 Å². The van der Waals surface area contributed by atoms with E-state index in [0.717, 1.165) is 19.3 Å². The molecule has 2 atom stereocenters. The van der Waals surface area contributed by atoms with E-state index in [1.54, 1.807) is 20.1 Å². The molecule has 0 fully saturated rings. The monoisotopic (exact) mass is 188 g/mol.